The lowest BCUT2D eigenvalue weighted by atomic mass is 10.1. The van der Waals surface area contributed by atoms with Crippen molar-refractivity contribution in [2.75, 3.05) is 13.7 Å². The normalized spacial score (nSPS) is 12.1. The lowest BCUT2D eigenvalue weighted by Gasteiger charge is -2.13. The van der Waals surface area contributed by atoms with Crippen LogP contribution < -0.4 is 5.32 Å². The summed E-state index contributed by atoms with van der Waals surface area (Å²) in [4.78, 5) is 22.1. The molecule has 0 fully saturated rings. The predicted molar refractivity (Wildman–Crippen MR) is 60.2 cm³/mol. The summed E-state index contributed by atoms with van der Waals surface area (Å²) in [6, 6.07) is -0.750. The van der Waals surface area contributed by atoms with Gasteiger partial charge in [0.25, 0.3) is 0 Å². The first-order valence-corrected chi connectivity index (χ1v) is 5.63. The third-order valence-electron chi connectivity index (χ3n) is 2.21. The molecule has 1 atom stereocenters. The summed E-state index contributed by atoms with van der Waals surface area (Å²) in [7, 11) is 1.61. The fourth-order valence-electron chi connectivity index (χ4n) is 1.34. The Morgan fingerprint density at radius 1 is 1.38 bits per heavy atom. The second-order valence-corrected chi connectivity index (χ2v) is 3.70. The fraction of sp³-hybridized carbons (Fsp3) is 0.818. The number of hydrogen-bond acceptors (Lipinski definition) is 3. The van der Waals surface area contributed by atoms with Gasteiger partial charge in [0, 0.05) is 20.1 Å². The molecule has 1 unspecified atom stereocenters. The lowest BCUT2D eigenvalue weighted by molar-refractivity contribution is -0.142. The van der Waals surface area contributed by atoms with Crippen LogP contribution in [-0.4, -0.2) is 36.7 Å². The molecule has 1 amide bonds. The van der Waals surface area contributed by atoms with Crippen molar-refractivity contribution in [2.45, 2.75) is 45.1 Å². The predicted octanol–water partition coefficient (Wildman–Crippen LogP) is 1.17. The summed E-state index contributed by atoms with van der Waals surface area (Å²) < 4.78 is 4.86. The summed E-state index contributed by atoms with van der Waals surface area (Å²) in [5.41, 5.74) is 0. The SMILES string of the molecule is CCCC(NC(=O)CCCCOC)C(=O)O. The van der Waals surface area contributed by atoms with Crippen LogP contribution in [0.3, 0.4) is 0 Å². The number of amides is 1. The second-order valence-electron chi connectivity index (χ2n) is 3.70. The molecule has 0 rings (SSSR count). The van der Waals surface area contributed by atoms with Gasteiger partial charge < -0.3 is 15.2 Å². The quantitative estimate of drug-likeness (QED) is 0.584. The summed E-state index contributed by atoms with van der Waals surface area (Å²) in [6.07, 6.45) is 3.10. The van der Waals surface area contributed by atoms with Gasteiger partial charge in [-0.2, -0.15) is 0 Å². The number of hydrogen-bond donors (Lipinski definition) is 2. The zero-order chi connectivity index (χ0) is 12.4. The average Bonchev–Trinajstić information content (AvgIpc) is 2.23. The summed E-state index contributed by atoms with van der Waals surface area (Å²) >= 11 is 0. The number of rotatable bonds is 9. The largest absolute Gasteiger partial charge is 0.480 e. The molecule has 0 aromatic rings. The first-order valence-electron chi connectivity index (χ1n) is 5.63. The topological polar surface area (TPSA) is 75.6 Å². The van der Waals surface area contributed by atoms with E-state index in [1.54, 1.807) is 7.11 Å². The minimum atomic E-state index is -0.966. The number of nitrogens with one attached hydrogen (secondary N) is 1. The van der Waals surface area contributed by atoms with Crippen LogP contribution in [0.2, 0.25) is 0 Å². The van der Waals surface area contributed by atoms with Crippen molar-refractivity contribution in [2.24, 2.45) is 0 Å². The Balaban J connectivity index is 3.77. The molecule has 0 aliphatic heterocycles. The average molecular weight is 231 g/mol. The highest BCUT2D eigenvalue weighted by Gasteiger charge is 2.17. The maximum absolute atomic E-state index is 11.4. The van der Waals surface area contributed by atoms with Crippen LogP contribution in [0.5, 0.6) is 0 Å². The van der Waals surface area contributed by atoms with Gasteiger partial charge in [0.05, 0.1) is 0 Å². The molecule has 0 aromatic carbocycles. The highest BCUT2D eigenvalue weighted by Crippen LogP contribution is 2.00. The Hall–Kier alpha value is -1.10. The van der Waals surface area contributed by atoms with Crippen molar-refractivity contribution >= 4 is 11.9 Å². The van der Waals surface area contributed by atoms with E-state index in [2.05, 4.69) is 5.32 Å². The number of ether oxygens (including phenoxy) is 1. The van der Waals surface area contributed by atoms with Crippen LogP contribution in [0.4, 0.5) is 0 Å². The molecule has 0 radical (unpaired) electrons. The minimum absolute atomic E-state index is 0.197. The molecule has 5 heteroatoms. The van der Waals surface area contributed by atoms with Crippen molar-refractivity contribution in [3.05, 3.63) is 0 Å². The minimum Gasteiger partial charge on any atom is -0.480 e. The van der Waals surface area contributed by atoms with E-state index in [0.29, 0.717) is 19.4 Å². The lowest BCUT2D eigenvalue weighted by Crippen LogP contribution is -2.40. The highest BCUT2D eigenvalue weighted by atomic mass is 16.5. The van der Waals surface area contributed by atoms with Crippen LogP contribution in [0.1, 0.15) is 39.0 Å². The van der Waals surface area contributed by atoms with E-state index >= 15 is 0 Å². The Labute approximate surface area is 96.2 Å². The molecule has 0 spiro atoms. The van der Waals surface area contributed by atoms with Crippen molar-refractivity contribution in [1.29, 1.82) is 0 Å². The number of carboxylic acid groups (broad SMARTS) is 1. The first kappa shape index (κ1) is 14.9. The zero-order valence-electron chi connectivity index (χ0n) is 9.99. The van der Waals surface area contributed by atoms with Gasteiger partial charge in [-0.1, -0.05) is 13.3 Å². The van der Waals surface area contributed by atoms with E-state index in [-0.39, 0.29) is 5.91 Å². The monoisotopic (exact) mass is 231 g/mol. The van der Waals surface area contributed by atoms with Gasteiger partial charge in [0.15, 0.2) is 0 Å². The zero-order valence-corrected chi connectivity index (χ0v) is 9.99. The van der Waals surface area contributed by atoms with Gasteiger partial charge in [0.1, 0.15) is 6.04 Å². The molecule has 0 saturated carbocycles. The molecule has 0 heterocycles. The van der Waals surface area contributed by atoms with Gasteiger partial charge in [-0.3, -0.25) is 4.79 Å². The standard InChI is InChI=1S/C11H21NO4/c1-3-6-9(11(14)15)12-10(13)7-4-5-8-16-2/h9H,3-8H2,1-2H3,(H,12,13)(H,14,15). The van der Waals surface area contributed by atoms with Gasteiger partial charge >= 0.3 is 5.97 Å². The van der Waals surface area contributed by atoms with Gasteiger partial charge in [-0.25, -0.2) is 4.79 Å². The van der Waals surface area contributed by atoms with E-state index < -0.39 is 12.0 Å². The van der Waals surface area contributed by atoms with Gasteiger partial charge in [0.2, 0.25) is 5.91 Å². The molecule has 94 valence electrons. The highest BCUT2D eigenvalue weighted by molar-refractivity contribution is 5.83. The Kier molecular flexibility index (Phi) is 8.52. The molecular weight excluding hydrogens is 210 g/mol. The Morgan fingerprint density at radius 3 is 2.56 bits per heavy atom. The molecular formula is C11H21NO4. The molecule has 0 aliphatic carbocycles. The number of carboxylic acids is 1. The molecule has 0 aliphatic rings. The maximum Gasteiger partial charge on any atom is 0.326 e. The number of carbonyl (C=O) groups excluding carboxylic acids is 1. The number of carbonyl (C=O) groups is 2. The van der Waals surface area contributed by atoms with E-state index in [1.807, 2.05) is 6.92 Å². The smallest absolute Gasteiger partial charge is 0.326 e. The van der Waals surface area contributed by atoms with Gasteiger partial charge in [-0.05, 0) is 19.3 Å². The molecule has 0 aromatic heterocycles. The fourth-order valence-corrected chi connectivity index (χ4v) is 1.34. The summed E-state index contributed by atoms with van der Waals surface area (Å²) in [6.45, 7) is 2.52. The third-order valence-corrected chi connectivity index (χ3v) is 2.21. The summed E-state index contributed by atoms with van der Waals surface area (Å²) in [5, 5.41) is 11.3. The van der Waals surface area contributed by atoms with Gasteiger partial charge in [-0.15, -0.1) is 0 Å². The van der Waals surface area contributed by atoms with Crippen LogP contribution in [0, 0.1) is 0 Å². The number of aliphatic carboxylic acids is 1. The van der Waals surface area contributed by atoms with Crippen molar-refractivity contribution in [3.8, 4) is 0 Å². The van der Waals surface area contributed by atoms with E-state index in [0.717, 1.165) is 19.3 Å². The molecule has 0 saturated heterocycles. The molecule has 2 N–H and O–H groups in total. The Morgan fingerprint density at radius 2 is 2.06 bits per heavy atom. The number of unbranched alkanes of at least 4 members (excludes halogenated alkanes) is 1. The van der Waals surface area contributed by atoms with Crippen LogP contribution in [0.25, 0.3) is 0 Å². The molecule has 5 nitrogen and oxygen atoms in total. The van der Waals surface area contributed by atoms with E-state index in [1.165, 1.54) is 0 Å². The van der Waals surface area contributed by atoms with Crippen molar-refractivity contribution in [3.63, 3.8) is 0 Å². The van der Waals surface area contributed by atoms with Crippen LogP contribution in [-0.2, 0) is 14.3 Å². The molecule has 16 heavy (non-hydrogen) atoms. The first-order chi connectivity index (χ1) is 7.61. The third kappa shape index (κ3) is 7.23. The number of methoxy groups -OCH3 is 1. The van der Waals surface area contributed by atoms with Crippen molar-refractivity contribution < 1.29 is 19.4 Å². The molecule has 0 bridgehead atoms. The maximum atomic E-state index is 11.4. The van der Waals surface area contributed by atoms with Crippen LogP contribution in [0.15, 0.2) is 0 Å². The van der Waals surface area contributed by atoms with E-state index in [4.69, 9.17) is 9.84 Å². The van der Waals surface area contributed by atoms with E-state index in [9.17, 15) is 9.59 Å². The van der Waals surface area contributed by atoms with Crippen molar-refractivity contribution in [1.82, 2.24) is 5.32 Å². The van der Waals surface area contributed by atoms with Crippen LogP contribution >= 0.6 is 0 Å². The summed E-state index contributed by atoms with van der Waals surface area (Å²) in [5.74, 6) is -1.16. The Bertz CT molecular complexity index is 218. The second kappa shape index (κ2) is 9.15.